The Kier molecular flexibility index (Phi) is 7.49. The highest BCUT2D eigenvalue weighted by Crippen LogP contribution is 2.22. The predicted octanol–water partition coefficient (Wildman–Crippen LogP) is 2.29. The van der Waals surface area contributed by atoms with Gasteiger partial charge >= 0.3 is 5.97 Å². The summed E-state index contributed by atoms with van der Waals surface area (Å²) in [7, 11) is -4.08. The molecule has 0 saturated carbocycles. The van der Waals surface area contributed by atoms with Gasteiger partial charge in [-0.25, -0.2) is 27.6 Å². The van der Waals surface area contributed by atoms with Crippen molar-refractivity contribution in [2.24, 2.45) is 16.8 Å². The van der Waals surface area contributed by atoms with Crippen molar-refractivity contribution in [3.8, 4) is 5.69 Å². The fourth-order valence-corrected chi connectivity index (χ4v) is 3.79. The number of primary sulfonamides is 1. The summed E-state index contributed by atoms with van der Waals surface area (Å²) < 4.78 is 44.6. The minimum atomic E-state index is -4.08. The Balaban J connectivity index is 2.01. The highest BCUT2D eigenvalue weighted by Gasteiger charge is 2.22. The van der Waals surface area contributed by atoms with E-state index in [9.17, 15) is 17.6 Å². The van der Waals surface area contributed by atoms with Crippen LogP contribution in [-0.4, -0.2) is 35.2 Å². The highest BCUT2D eigenvalue weighted by atomic mass is 32.2. The second kappa shape index (κ2) is 10.00. The summed E-state index contributed by atoms with van der Waals surface area (Å²) in [6, 6.07) is 8.45. The van der Waals surface area contributed by atoms with E-state index in [0.717, 1.165) is 22.8 Å². The van der Waals surface area contributed by atoms with E-state index >= 15 is 0 Å². The molecule has 4 N–H and O–H groups in total. The number of ether oxygens (including phenoxy) is 1. The number of benzene rings is 2. The van der Waals surface area contributed by atoms with Gasteiger partial charge in [0.1, 0.15) is 23.4 Å². The van der Waals surface area contributed by atoms with Crippen LogP contribution in [0.4, 0.5) is 4.39 Å². The first kappa shape index (κ1) is 25.5. The Morgan fingerprint density at radius 1 is 1.18 bits per heavy atom. The summed E-state index contributed by atoms with van der Waals surface area (Å²) in [4.78, 5) is 16.2. The summed E-state index contributed by atoms with van der Waals surface area (Å²) in [5.74, 6) is -1.01. The van der Waals surface area contributed by atoms with Crippen LogP contribution < -0.4 is 10.9 Å². The minimum Gasteiger partial charge on any atom is -0.456 e. The molecule has 9 nitrogen and oxygen atoms in total. The van der Waals surface area contributed by atoms with Gasteiger partial charge in [-0.3, -0.25) is 4.79 Å². The third kappa shape index (κ3) is 5.85. The molecule has 0 fully saturated rings. The molecule has 3 rings (SSSR count). The Hall–Kier alpha value is -3.15. The molecule has 34 heavy (non-hydrogen) atoms. The van der Waals surface area contributed by atoms with Crippen molar-refractivity contribution in [2.45, 2.75) is 51.7 Å². The number of carbonyl (C=O) groups excluding carboxylic acids is 1. The predicted molar refractivity (Wildman–Crippen MR) is 124 cm³/mol. The summed E-state index contributed by atoms with van der Waals surface area (Å²) >= 11 is 0. The van der Waals surface area contributed by atoms with Crippen LogP contribution >= 0.6 is 0 Å². The number of hydrogen-bond acceptors (Lipinski definition) is 7. The molecule has 2 aromatic carbocycles. The summed E-state index contributed by atoms with van der Waals surface area (Å²) in [5, 5.41) is 9.43. The molecule has 1 heterocycles. The van der Waals surface area contributed by atoms with Gasteiger partial charge in [0.25, 0.3) is 0 Å². The second-order valence-corrected chi connectivity index (χ2v) is 10.1. The lowest BCUT2D eigenvalue weighted by Crippen LogP contribution is -2.36. The van der Waals surface area contributed by atoms with Crippen LogP contribution in [-0.2, 0) is 32.6 Å². The Morgan fingerprint density at radius 3 is 2.50 bits per heavy atom. The second-order valence-electron chi connectivity index (χ2n) is 8.50. The van der Waals surface area contributed by atoms with Crippen LogP contribution in [0.1, 0.15) is 42.2 Å². The maximum absolute atomic E-state index is 14.9. The molecule has 3 aromatic rings. The first-order valence-electron chi connectivity index (χ1n) is 10.6. The molecule has 1 unspecified atom stereocenters. The fourth-order valence-electron chi connectivity index (χ4n) is 3.26. The number of sulfonamides is 1. The van der Waals surface area contributed by atoms with Crippen LogP contribution in [0, 0.1) is 25.6 Å². The van der Waals surface area contributed by atoms with Crippen molar-refractivity contribution in [2.75, 3.05) is 0 Å². The zero-order valence-corrected chi connectivity index (χ0v) is 20.3. The third-order valence-corrected chi connectivity index (χ3v) is 6.29. The molecule has 1 aromatic heterocycles. The van der Waals surface area contributed by atoms with E-state index < -0.39 is 27.9 Å². The van der Waals surface area contributed by atoms with Crippen molar-refractivity contribution in [1.29, 1.82) is 0 Å². The molecule has 182 valence electrons. The number of aromatic nitrogens is 3. The van der Waals surface area contributed by atoms with Crippen molar-refractivity contribution in [3.05, 3.63) is 70.6 Å². The van der Waals surface area contributed by atoms with E-state index in [1.165, 1.54) is 16.8 Å². The van der Waals surface area contributed by atoms with Crippen molar-refractivity contribution in [3.63, 3.8) is 0 Å². The Morgan fingerprint density at radius 2 is 1.88 bits per heavy atom. The molecule has 11 heteroatoms. The molecule has 0 radical (unpaired) electrons. The largest absolute Gasteiger partial charge is 0.456 e. The van der Waals surface area contributed by atoms with Crippen LogP contribution in [0.2, 0.25) is 0 Å². The molecular weight excluding hydrogens is 461 g/mol. The fraction of sp³-hybridized carbons (Fsp3) is 0.348. The molecule has 0 aliphatic carbocycles. The van der Waals surface area contributed by atoms with Gasteiger partial charge < -0.3 is 10.5 Å². The monoisotopic (exact) mass is 489 g/mol. The van der Waals surface area contributed by atoms with E-state index in [1.54, 1.807) is 13.8 Å². The van der Waals surface area contributed by atoms with Crippen LogP contribution in [0.3, 0.4) is 0 Å². The van der Waals surface area contributed by atoms with Crippen molar-refractivity contribution in [1.82, 2.24) is 14.8 Å². The summed E-state index contributed by atoms with van der Waals surface area (Å²) in [6.45, 7) is 7.27. The summed E-state index contributed by atoms with van der Waals surface area (Å²) in [6.07, 6.45) is 0.316. The molecule has 1 atom stereocenters. The average Bonchev–Trinajstić information content (AvgIpc) is 3.15. The van der Waals surface area contributed by atoms with E-state index in [0.29, 0.717) is 12.2 Å². The Bertz CT molecular complexity index is 1320. The van der Waals surface area contributed by atoms with Gasteiger partial charge in [0.2, 0.25) is 10.0 Å². The van der Waals surface area contributed by atoms with E-state index in [1.807, 2.05) is 32.0 Å². The first-order valence-corrected chi connectivity index (χ1v) is 12.2. The molecule has 0 aliphatic rings. The Labute approximate surface area is 198 Å². The van der Waals surface area contributed by atoms with Gasteiger partial charge in [-0.05, 0) is 49.1 Å². The first-order chi connectivity index (χ1) is 15.9. The molecule has 0 aliphatic heterocycles. The van der Waals surface area contributed by atoms with E-state index in [-0.39, 0.29) is 28.9 Å². The van der Waals surface area contributed by atoms with Gasteiger partial charge in [0.15, 0.2) is 12.4 Å². The SMILES string of the molecule is Cc1ccc(C)c(Cc2nc(COC(=O)C(N)C(C)C)nn2-c2ccc(S(N)(=O)=O)cc2F)c1. The third-order valence-electron chi connectivity index (χ3n) is 5.38. The summed E-state index contributed by atoms with van der Waals surface area (Å²) in [5.41, 5.74) is 8.83. The quantitative estimate of drug-likeness (QED) is 0.462. The van der Waals surface area contributed by atoms with Gasteiger partial charge in [-0.2, -0.15) is 0 Å². The number of nitrogens with zero attached hydrogens (tertiary/aromatic N) is 3. The number of nitrogens with two attached hydrogens (primary N) is 2. The van der Waals surface area contributed by atoms with Gasteiger partial charge in [-0.15, -0.1) is 5.10 Å². The van der Waals surface area contributed by atoms with E-state index in [2.05, 4.69) is 10.1 Å². The number of halogens is 1. The van der Waals surface area contributed by atoms with Crippen LogP contribution in [0.5, 0.6) is 0 Å². The molecule has 0 amide bonds. The maximum atomic E-state index is 14.9. The number of aryl methyl sites for hydroxylation is 2. The zero-order valence-electron chi connectivity index (χ0n) is 19.4. The lowest BCUT2D eigenvalue weighted by molar-refractivity contribution is -0.147. The number of hydrogen-bond donors (Lipinski definition) is 2. The molecular formula is C23H28FN5O4S. The zero-order chi connectivity index (χ0) is 25.2. The lowest BCUT2D eigenvalue weighted by Gasteiger charge is -2.13. The number of esters is 1. The molecule has 0 spiro atoms. The smallest absolute Gasteiger partial charge is 0.323 e. The standard InChI is InChI=1S/C23H28FN5O4S/c1-13(2)22(25)23(30)33-12-20-27-21(10-16-9-14(3)5-6-15(16)4)29(28-20)19-8-7-17(11-18(19)24)34(26,31)32/h5-9,11,13,22H,10,12,25H2,1-4H3,(H2,26,31,32). The van der Waals surface area contributed by atoms with E-state index in [4.69, 9.17) is 15.6 Å². The van der Waals surface area contributed by atoms with Gasteiger partial charge in [0.05, 0.1) is 4.90 Å². The van der Waals surface area contributed by atoms with Crippen LogP contribution in [0.25, 0.3) is 5.69 Å². The lowest BCUT2D eigenvalue weighted by atomic mass is 10.0. The molecule has 0 saturated heterocycles. The number of carbonyl (C=O) groups is 1. The average molecular weight is 490 g/mol. The van der Waals surface area contributed by atoms with Crippen molar-refractivity contribution >= 4 is 16.0 Å². The maximum Gasteiger partial charge on any atom is 0.323 e. The van der Waals surface area contributed by atoms with Crippen molar-refractivity contribution < 1.29 is 22.3 Å². The van der Waals surface area contributed by atoms with Gasteiger partial charge in [0, 0.05) is 6.42 Å². The van der Waals surface area contributed by atoms with Gasteiger partial charge in [-0.1, -0.05) is 37.6 Å². The molecule has 0 bridgehead atoms. The normalized spacial score (nSPS) is 12.7. The highest BCUT2D eigenvalue weighted by molar-refractivity contribution is 7.89. The minimum absolute atomic E-state index is 0.0170. The number of rotatable bonds is 8. The topological polar surface area (TPSA) is 143 Å². The van der Waals surface area contributed by atoms with Crippen LogP contribution in [0.15, 0.2) is 41.3 Å².